The van der Waals surface area contributed by atoms with Crippen molar-refractivity contribution < 1.29 is 28.6 Å². The van der Waals surface area contributed by atoms with Crippen molar-refractivity contribution in [1.29, 1.82) is 0 Å². The van der Waals surface area contributed by atoms with Crippen LogP contribution < -0.4 is 24.4 Å². The van der Waals surface area contributed by atoms with E-state index in [-0.39, 0.29) is 11.3 Å². The van der Waals surface area contributed by atoms with Gasteiger partial charge in [-0.15, -0.1) is 0 Å². The van der Waals surface area contributed by atoms with Gasteiger partial charge in [0.1, 0.15) is 24.5 Å². The van der Waals surface area contributed by atoms with Gasteiger partial charge in [0.2, 0.25) is 0 Å². The monoisotopic (exact) mass is 660 g/mol. The molecule has 218 valence electrons. The maximum absolute atomic E-state index is 13.4. The molecule has 4 aromatic rings. The van der Waals surface area contributed by atoms with Crippen LogP contribution >= 0.6 is 27.5 Å². The molecular formula is C33H26BrClN2O6. The lowest BCUT2D eigenvalue weighted by molar-refractivity contribution is -0.122. The number of carbonyl (C=O) groups excluding carboxylic acids is 3. The molecule has 43 heavy (non-hydrogen) atoms. The molecule has 0 aliphatic carbocycles. The van der Waals surface area contributed by atoms with Gasteiger partial charge in [0.15, 0.2) is 11.5 Å². The molecule has 1 N–H and O–H groups in total. The molecule has 1 fully saturated rings. The van der Waals surface area contributed by atoms with Gasteiger partial charge in [-0.25, -0.2) is 9.69 Å². The second-order valence-corrected chi connectivity index (χ2v) is 11.0. The summed E-state index contributed by atoms with van der Waals surface area (Å²) in [5, 5.41) is 2.88. The fraction of sp³-hybridized carbons (Fsp3) is 0.121. The Morgan fingerprint density at radius 1 is 0.884 bits per heavy atom. The number of urea groups is 1. The summed E-state index contributed by atoms with van der Waals surface area (Å²) in [5.41, 5.74) is 3.60. The molecule has 5 rings (SSSR count). The lowest BCUT2D eigenvalue weighted by Gasteiger charge is -2.26. The molecular weight excluding hydrogens is 636 g/mol. The summed E-state index contributed by atoms with van der Waals surface area (Å²) in [4.78, 5) is 39.8. The lowest BCUT2D eigenvalue weighted by Crippen LogP contribution is -2.54. The highest BCUT2D eigenvalue weighted by Crippen LogP contribution is 2.38. The molecule has 1 aliphatic heterocycles. The quantitative estimate of drug-likeness (QED) is 0.150. The van der Waals surface area contributed by atoms with Gasteiger partial charge in [0.05, 0.1) is 17.3 Å². The topological polar surface area (TPSA) is 94.2 Å². The molecule has 0 bridgehead atoms. The van der Waals surface area contributed by atoms with E-state index in [1.54, 1.807) is 48.5 Å². The van der Waals surface area contributed by atoms with Crippen LogP contribution in [0.15, 0.2) is 95.0 Å². The second-order valence-electron chi connectivity index (χ2n) is 9.68. The number of amides is 4. The highest BCUT2D eigenvalue weighted by Gasteiger charge is 2.37. The smallest absolute Gasteiger partial charge is 0.335 e. The van der Waals surface area contributed by atoms with Gasteiger partial charge in [-0.1, -0.05) is 53.6 Å². The van der Waals surface area contributed by atoms with Crippen LogP contribution in [0.3, 0.4) is 0 Å². The number of halogens is 2. The number of hydrogen-bond acceptors (Lipinski definition) is 6. The number of nitrogens with zero attached hydrogens (tertiary/aromatic N) is 1. The van der Waals surface area contributed by atoms with Crippen LogP contribution in [0.1, 0.15) is 22.3 Å². The van der Waals surface area contributed by atoms with Crippen LogP contribution in [-0.2, 0) is 22.8 Å². The van der Waals surface area contributed by atoms with Crippen LogP contribution in [0, 0.1) is 6.92 Å². The van der Waals surface area contributed by atoms with Gasteiger partial charge in [-0.3, -0.25) is 14.9 Å². The van der Waals surface area contributed by atoms with Gasteiger partial charge < -0.3 is 14.2 Å². The van der Waals surface area contributed by atoms with E-state index in [0.717, 1.165) is 21.6 Å². The summed E-state index contributed by atoms with van der Waals surface area (Å²) in [7, 11) is 1.50. The number of imide groups is 2. The zero-order valence-corrected chi connectivity index (χ0v) is 25.6. The first-order valence-corrected chi connectivity index (χ1v) is 14.3. The molecule has 4 amide bonds. The average molecular weight is 662 g/mol. The van der Waals surface area contributed by atoms with E-state index in [4.69, 9.17) is 25.8 Å². The number of benzene rings is 4. The van der Waals surface area contributed by atoms with Crippen molar-refractivity contribution in [3.8, 4) is 17.2 Å². The van der Waals surface area contributed by atoms with Crippen LogP contribution in [0.2, 0.25) is 5.02 Å². The number of anilines is 1. The van der Waals surface area contributed by atoms with Crippen LogP contribution in [0.4, 0.5) is 10.5 Å². The SMILES string of the molecule is COc1cc(/C=C2\C(=O)NC(=O)N(c3ccc(OCc4ccc(Cl)cc4)cc3)C2=O)cc(Br)c1OCc1cccc(C)c1. The minimum atomic E-state index is -0.847. The van der Waals surface area contributed by atoms with Crippen molar-refractivity contribution in [3.05, 3.63) is 122 Å². The van der Waals surface area contributed by atoms with E-state index >= 15 is 0 Å². The second kappa shape index (κ2) is 13.1. The van der Waals surface area contributed by atoms with Gasteiger partial charge >= 0.3 is 6.03 Å². The minimum Gasteiger partial charge on any atom is -0.493 e. The van der Waals surface area contributed by atoms with Gasteiger partial charge in [0.25, 0.3) is 11.8 Å². The molecule has 0 aromatic heterocycles. The molecule has 1 heterocycles. The molecule has 8 nitrogen and oxygen atoms in total. The zero-order valence-electron chi connectivity index (χ0n) is 23.2. The molecule has 4 aromatic carbocycles. The Morgan fingerprint density at radius 3 is 2.30 bits per heavy atom. The van der Waals surface area contributed by atoms with Crippen molar-refractivity contribution in [2.45, 2.75) is 20.1 Å². The first-order chi connectivity index (χ1) is 20.7. The fourth-order valence-electron chi connectivity index (χ4n) is 4.42. The van der Waals surface area contributed by atoms with Crippen molar-refractivity contribution in [2.75, 3.05) is 12.0 Å². The number of barbiturate groups is 1. The number of aryl methyl sites for hydroxylation is 1. The number of hydrogen-bond donors (Lipinski definition) is 1. The molecule has 10 heteroatoms. The number of ether oxygens (including phenoxy) is 3. The first kappa shape index (κ1) is 29.9. The van der Waals surface area contributed by atoms with E-state index in [9.17, 15) is 14.4 Å². The normalized spacial score (nSPS) is 14.1. The number of nitrogens with one attached hydrogen (secondary N) is 1. The summed E-state index contributed by atoms with van der Waals surface area (Å²) in [6, 6.07) is 24.2. The van der Waals surface area contributed by atoms with E-state index in [2.05, 4.69) is 21.2 Å². The summed E-state index contributed by atoms with van der Waals surface area (Å²) in [5.74, 6) is -0.153. The van der Waals surface area contributed by atoms with Gasteiger partial charge in [-0.2, -0.15) is 0 Å². The standard InChI is InChI=1S/C33H26BrClN2O6/c1-20-4-3-5-22(14-20)19-43-30-28(34)16-23(17-29(30)41-2)15-27-31(38)36-33(40)37(32(27)39)25-10-12-26(13-11-25)42-18-21-6-8-24(35)9-7-21/h3-17H,18-19H2,1-2H3,(H,36,38,40)/b27-15+. The van der Waals surface area contributed by atoms with Gasteiger partial charge in [0, 0.05) is 5.02 Å². The van der Waals surface area contributed by atoms with Crippen molar-refractivity contribution >= 4 is 57.1 Å². The highest BCUT2D eigenvalue weighted by molar-refractivity contribution is 9.10. The fourth-order valence-corrected chi connectivity index (χ4v) is 5.12. The third-order valence-corrected chi connectivity index (χ3v) is 7.38. The van der Waals surface area contributed by atoms with E-state index in [1.165, 1.54) is 13.2 Å². The van der Waals surface area contributed by atoms with Crippen molar-refractivity contribution in [1.82, 2.24) is 5.32 Å². The zero-order chi connectivity index (χ0) is 30.5. The molecule has 1 saturated heterocycles. The lowest BCUT2D eigenvalue weighted by atomic mass is 10.1. The predicted molar refractivity (Wildman–Crippen MR) is 167 cm³/mol. The summed E-state index contributed by atoms with van der Waals surface area (Å²) < 4.78 is 17.9. The van der Waals surface area contributed by atoms with Crippen LogP contribution in [-0.4, -0.2) is 25.0 Å². The first-order valence-electron chi connectivity index (χ1n) is 13.2. The third kappa shape index (κ3) is 7.07. The molecule has 0 saturated carbocycles. The maximum Gasteiger partial charge on any atom is 0.335 e. The van der Waals surface area contributed by atoms with E-state index < -0.39 is 17.8 Å². The van der Waals surface area contributed by atoms with Crippen molar-refractivity contribution in [3.63, 3.8) is 0 Å². The molecule has 0 radical (unpaired) electrons. The average Bonchev–Trinajstić information content (AvgIpc) is 2.99. The predicted octanol–water partition coefficient (Wildman–Crippen LogP) is 7.24. The maximum atomic E-state index is 13.4. The Bertz CT molecular complexity index is 1720. The Balaban J connectivity index is 1.34. The number of rotatable bonds is 9. The minimum absolute atomic E-state index is 0.218. The third-order valence-electron chi connectivity index (χ3n) is 6.54. The number of methoxy groups -OCH3 is 1. The summed E-state index contributed by atoms with van der Waals surface area (Å²) in [6.07, 6.45) is 1.40. The van der Waals surface area contributed by atoms with Crippen molar-refractivity contribution in [2.24, 2.45) is 0 Å². The Kier molecular flexibility index (Phi) is 9.13. The Labute approximate surface area is 261 Å². The van der Waals surface area contributed by atoms with E-state index in [1.807, 2.05) is 43.3 Å². The van der Waals surface area contributed by atoms with Crippen LogP contribution in [0.25, 0.3) is 6.08 Å². The Morgan fingerprint density at radius 2 is 1.60 bits per heavy atom. The summed E-state index contributed by atoms with van der Waals surface area (Å²) in [6.45, 7) is 2.64. The molecule has 1 aliphatic rings. The van der Waals surface area contributed by atoms with Crippen LogP contribution in [0.5, 0.6) is 17.2 Å². The molecule has 0 spiro atoms. The largest absolute Gasteiger partial charge is 0.493 e. The van der Waals surface area contributed by atoms with Gasteiger partial charge in [-0.05, 0) is 94.2 Å². The number of carbonyl (C=O) groups is 3. The molecule has 0 unspecified atom stereocenters. The summed E-state index contributed by atoms with van der Waals surface area (Å²) >= 11 is 9.44. The highest BCUT2D eigenvalue weighted by atomic mass is 79.9. The molecule has 0 atom stereocenters. The van der Waals surface area contributed by atoms with E-state index in [0.29, 0.717) is 45.5 Å². The Hall–Kier alpha value is -4.60.